The lowest BCUT2D eigenvalue weighted by molar-refractivity contribution is 0.534. The van der Waals surface area contributed by atoms with Crippen LogP contribution in [0.1, 0.15) is 5.76 Å². The summed E-state index contributed by atoms with van der Waals surface area (Å²) in [6.45, 7) is 2.98. The molecule has 0 atom stereocenters. The molecule has 2 aromatic heterocycles. The third-order valence-electron chi connectivity index (χ3n) is 1.97. The number of hydrogen-bond donors (Lipinski definition) is 1. The first-order valence-electron chi connectivity index (χ1n) is 4.33. The van der Waals surface area contributed by atoms with Crippen molar-refractivity contribution in [1.82, 2.24) is 20.2 Å². The van der Waals surface area contributed by atoms with Crippen LogP contribution in [0.5, 0.6) is 0 Å². The van der Waals surface area contributed by atoms with E-state index in [1.165, 1.54) is 0 Å². The third kappa shape index (κ3) is 1.39. The van der Waals surface area contributed by atoms with E-state index in [1.807, 2.05) is 13.0 Å². The van der Waals surface area contributed by atoms with Crippen molar-refractivity contribution >= 4 is 0 Å². The molecule has 0 saturated heterocycles. The summed E-state index contributed by atoms with van der Waals surface area (Å²) in [5, 5.41) is 11.4. The Morgan fingerprint density at radius 3 is 3.07 bits per heavy atom. The van der Waals surface area contributed by atoms with E-state index >= 15 is 0 Å². The molecule has 0 spiro atoms. The van der Waals surface area contributed by atoms with Gasteiger partial charge in [-0.2, -0.15) is 0 Å². The maximum Gasteiger partial charge on any atom is 0.185 e. The molecule has 0 amide bonds. The highest BCUT2D eigenvalue weighted by Gasteiger charge is 2.12. The molecule has 0 aliphatic rings. The minimum Gasteiger partial charge on any atom is -0.469 e. The average Bonchev–Trinajstić information content (AvgIpc) is 2.74. The number of rotatable bonds is 3. The lowest BCUT2D eigenvalue weighted by atomic mass is 10.2. The first kappa shape index (κ1) is 8.89. The van der Waals surface area contributed by atoms with Crippen molar-refractivity contribution in [3.8, 4) is 11.4 Å². The van der Waals surface area contributed by atoms with Crippen LogP contribution in [0.2, 0.25) is 0 Å². The van der Waals surface area contributed by atoms with Gasteiger partial charge in [0.2, 0.25) is 0 Å². The van der Waals surface area contributed by atoms with E-state index in [0.717, 1.165) is 11.3 Å². The first-order chi connectivity index (χ1) is 6.83. The molecule has 0 saturated carbocycles. The van der Waals surface area contributed by atoms with Crippen LogP contribution in [0.4, 0.5) is 0 Å². The zero-order valence-electron chi connectivity index (χ0n) is 7.84. The van der Waals surface area contributed by atoms with E-state index in [4.69, 9.17) is 10.2 Å². The van der Waals surface area contributed by atoms with Gasteiger partial charge in [0.1, 0.15) is 5.76 Å². The van der Waals surface area contributed by atoms with Crippen LogP contribution >= 0.6 is 0 Å². The summed E-state index contributed by atoms with van der Waals surface area (Å²) < 4.78 is 6.85. The fraction of sp³-hybridized carbons (Fsp3) is 0.375. The molecular formula is C8H11N5O. The van der Waals surface area contributed by atoms with Gasteiger partial charge in [0.15, 0.2) is 5.82 Å². The van der Waals surface area contributed by atoms with E-state index in [0.29, 0.717) is 18.9 Å². The normalized spacial score (nSPS) is 10.7. The van der Waals surface area contributed by atoms with Gasteiger partial charge in [0.25, 0.3) is 0 Å². The third-order valence-corrected chi connectivity index (χ3v) is 1.97. The second kappa shape index (κ2) is 3.59. The Labute approximate surface area is 80.7 Å². The van der Waals surface area contributed by atoms with Crippen molar-refractivity contribution in [2.45, 2.75) is 13.5 Å². The molecule has 0 aromatic carbocycles. The number of nitrogens with zero attached hydrogens (tertiary/aromatic N) is 4. The largest absolute Gasteiger partial charge is 0.469 e. The minimum atomic E-state index is 0.509. The van der Waals surface area contributed by atoms with Gasteiger partial charge in [-0.25, -0.2) is 4.68 Å². The standard InChI is InChI=1S/C8H11N5O/c1-6-7(2-5-14-6)8-10-11-12-13(8)4-3-9/h2,5H,3-4,9H2,1H3. The first-order valence-corrected chi connectivity index (χ1v) is 4.33. The fourth-order valence-corrected chi connectivity index (χ4v) is 1.29. The quantitative estimate of drug-likeness (QED) is 0.752. The lowest BCUT2D eigenvalue weighted by Gasteiger charge is -2.00. The molecule has 0 bridgehead atoms. The second-order valence-electron chi connectivity index (χ2n) is 2.90. The summed E-state index contributed by atoms with van der Waals surface area (Å²) in [4.78, 5) is 0. The molecule has 0 fully saturated rings. The van der Waals surface area contributed by atoms with E-state index < -0.39 is 0 Å². The van der Waals surface area contributed by atoms with E-state index in [-0.39, 0.29) is 0 Å². The van der Waals surface area contributed by atoms with Crippen LogP contribution in [-0.2, 0) is 6.54 Å². The number of hydrogen-bond acceptors (Lipinski definition) is 5. The number of aryl methyl sites for hydroxylation is 1. The number of nitrogens with two attached hydrogens (primary N) is 1. The monoisotopic (exact) mass is 193 g/mol. The maximum absolute atomic E-state index is 5.44. The van der Waals surface area contributed by atoms with Crippen LogP contribution in [0.15, 0.2) is 16.7 Å². The Morgan fingerprint density at radius 1 is 1.57 bits per heavy atom. The number of furan rings is 1. The SMILES string of the molecule is Cc1occc1-c1nnnn1CCN. The Bertz CT molecular complexity index is 419. The summed E-state index contributed by atoms with van der Waals surface area (Å²) >= 11 is 0. The van der Waals surface area contributed by atoms with Gasteiger partial charge in [-0.15, -0.1) is 5.10 Å². The number of tetrazole rings is 1. The molecule has 0 aliphatic heterocycles. The van der Waals surface area contributed by atoms with Crippen molar-refractivity contribution in [1.29, 1.82) is 0 Å². The average molecular weight is 193 g/mol. The molecule has 0 radical (unpaired) electrons. The van der Waals surface area contributed by atoms with Crippen molar-refractivity contribution in [3.05, 3.63) is 18.1 Å². The molecule has 0 aliphatic carbocycles. The summed E-state index contributed by atoms with van der Waals surface area (Å²) in [6, 6.07) is 1.84. The van der Waals surface area contributed by atoms with Crippen LogP contribution in [0, 0.1) is 6.92 Å². The van der Waals surface area contributed by atoms with Crippen molar-refractivity contribution < 1.29 is 4.42 Å². The summed E-state index contributed by atoms with van der Waals surface area (Å²) in [5.74, 6) is 1.50. The Hall–Kier alpha value is -1.69. The lowest BCUT2D eigenvalue weighted by Crippen LogP contribution is -2.12. The molecule has 2 aromatic rings. The molecule has 6 nitrogen and oxygen atoms in total. The van der Waals surface area contributed by atoms with Gasteiger partial charge in [0.05, 0.1) is 18.4 Å². The minimum absolute atomic E-state index is 0.509. The summed E-state index contributed by atoms with van der Waals surface area (Å²) in [5.41, 5.74) is 6.35. The van der Waals surface area contributed by atoms with Crippen LogP contribution < -0.4 is 5.73 Å². The predicted molar refractivity (Wildman–Crippen MR) is 49.3 cm³/mol. The van der Waals surface area contributed by atoms with Crippen LogP contribution in [0.25, 0.3) is 11.4 Å². The van der Waals surface area contributed by atoms with Crippen molar-refractivity contribution in [2.75, 3.05) is 6.54 Å². The van der Waals surface area contributed by atoms with Crippen molar-refractivity contribution in [2.24, 2.45) is 5.73 Å². The molecule has 14 heavy (non-hydrogen) atoms. The molecule has 2 rings (SSSR count). The molecule has 2 heterocycles. The van der Waals surface area contributed by atoms with Crippen molar-refractivity contribution in [3.63, 3.8) is 0 Å². The van der Waals surface area contributed by atoms with Crippen LogP contribution in [-0.4, -0.2) is 26.8 Å². The highest BCUT2D eigenvalue weighted by atomic mass is 16.3. The zero-order chi connectivity index (χ0) is 9.97. The molecule has 0 unspecified atom stereocenters. The second-order valence-corrected chi connectivity index (χ2v) is 2.90. The Morgan fingerprint density at radius 2 is 2.43 bits per heavy atom. The smallest absolute Gasteiger partial charge is 0.185 e. The Kier molecular flexibility index (Phi) is 2.28. The molecular weight excluding hydrogens is 182 g/mol. The molecule has 6 heteroatoms. The van der Waals surface area contributed by atoms with Gasteiger partial charge in [0, 0.05) is 6.54 Å². The Balaban J connectivity index is 2.41. The van der Waals surface area contributed by atoms with Crippen LogP contribution in [0.3, 0.4) is 0 Å². The van der Waals surface area contributed by atoms with E-state index in [9.17, 15) is 0 Å². The van der Waals surface area contributed by atoms with Gasteiger partial charge >= 0.3 is 0 Å². The fourth-order valence-electron chi connectivity index (χ4n) is 1.29. The summed E-state index contributed by atoms with van der Waals surface area (Å²) in [6.07, 6.45) is 1.62. The highest BCUT2D eigenvalue weighted by Crippen LogP contribution is 2.20. The van der Waals surface area contributed by atoms with Gasteiger partial charge in [-0.3, -0.25) is 0 Å². The number of aromatic nitrogens is 4. The highest BCUT2D eigenvalue weighted by molar-refractivity contribution is 5.56. The topological polar surface area (TPSA) is 82.8 Å². The molecule has 2 N–H and O–H groups in total. The maximum atomic E-state index is 5.44. The predicted octanol–water partition coefficient (Wildman–Crippen LogP) is 0.200. The van der Waals surface area contributed by atoms with Gasteiger partial charge in [-0.05, 0) is 23.4 Å². The van der Waals surface area contributed by atoms with E-state index in [1.54, 1.807) is 10.9 Å². The van der Waals surface area contributed by atoms with Gasteiger partial charge in [-0.1, -0.05) is 0 Å². The van der Waals surface area contributed by atoms with Gasteiger partial charge < -0.3 is 10.2 Å². The zero-order valence-corrected chi connectivity index (χ0v) is 7.84. The van der Waals surface area contributed by atoms with E-state index in [2.05, 4.69) is 15.5 Å². The molecule has 74 valence electrons. The summed E-state index contributed by atoms with van der Waals surface area (Å²) in [7, 11) is 0.